The number of benzene rings is 3. The molecule has 150 valence electrons. The Balaban J connectivity index is 1.80. The Kier molecular flexibility index (Phi) is 6.39. The molecule has 0 aliphatic carbocycles. The summed E-state index contributed by atoms with van der Waals surface area (Å²) in [7, 11) is 0. The van der Waals surface area contributed by atoms with Gasteiger partial charge in [-0.1, -0.05) is 61.9 Å². The molecule has 0 radical (unpaired) electrons. The number of phenolic OH excluding ortho intramolecular Hbond substituents is 1. The van der Waals surface area contributed by atoms with Gasteiger partial charge in [0, 0.05) is 22.8 Å². The van der Waals surface area contributed by atoms with Gasteiger partial charge in [0.1, 0.15) is 11.6 Å². The first kappa shape index (κ1) is 20.7. The highest BCUT2D eigenvalue weighted by Gasteiger charge is 2.17. The van der Waals surface area contributed by atoms with E-state index in [9.17, 15) is 23.4 Å². The third-order valence-corrected chi connectivity index (χ3v) is 4.69. The van der Waals surface area contributed by atoms with Crippen molar-refractivity contribution in [3.8, 4) is 16.9 Å². The van der Waals surface area contributed by atoms with Gasteiger partial charge in [-0.25, -0.2) is 13.2 Å². The second kappa shape index (κ2) is 8.97. The van der Waals surface area contributed by atoms with Crippen LogP contribution in [0.1, 0.15) is 42.6 Å². The van der Waals surface area contributed by atoms with E-state index in [4.69, 9.17) is 0 Å². The maximum Gasteiger partial charge on any atom is 0.166 e. The van der Waals surface area contributed by atoms with Gasteiger partial charge in [-0.05, 0) is 29.7 Å². The van der Waals surface area contributed by atoms with Crippen LogP contribution in [-0.2, 0) is 0 Å². The van der Waals surface area contributed by atoms with Crippen molar-refractivity contribution in [1.29, 1.82) is 0 Å². The summed E-state index contributed by atoms with van der Waals surface area (Å²) in [6.07, 6.45) is 3.06. The summed E-state index contributed by atoms with van der Waals surface area (Å²) in [6, 6.07) is 13.6. The molecule has 2 nitrogen and oxygen atoms in total. The zero-order valence-electron chi connectivity index (χ0n) is 15.9. The lowest BCUT2D eigenvalue weighted by atomic mass is 10.0. The summed E-state index contributed by atoms with van der Waals surface area (Å²) in [5.41, 5.74) is 1.74. The van der Waals surface area contributed by atoms with Crippen LogP contribution in [0.2, 0.25) is 0 Å². The molecule has 0 aromatic heterocycles. The number of rotatable bonds is 6. The first-order valence-corrected chi connectivity index (χ1v) is 9.33. The lowest BCUT2D eigenvalue weighted by Gasteiger charge is -2.12. The van der Waals surface area contributed by atoms with Crippen LogP contribution in [0.5, 0.6) is 5.75 Å². The third-order valence-electron chi connectivity index (χ3n) is 4.69. The van der Waals surface area contributed by atoms with Gasteiger partial charge in [0.05, 0.1) is 6.10 Å². The van der Waals surface area contributed by atoms with E-state index in [1.165, 1.54) is 30.3 Å². The average molecular weight is 398 g/mol. The summed E-state index contributed by atoms with van der Waals surface area (Å²) in [5.74, 6) is -2.72. The number of aromatic hydroxyl groups is 1. The van der Waals surface area contributed by atoms with Crippen LogP contribution >= 0.6 is 0 Å². The quantitative estimate of drug-likeness (QED) is 0.467. The lowest BCUT2D eigenvalue weighted by molar-refractivity contribution is 0.160. The normalized spacial score (nSPS) is 12.4. The second-order valence-corrected chi connectivity index (χ2v) is 6.80. The summed E-state index contributed by atoms with van der Waals surface area (Å²) in [4.78, 5) is 0. The Labute approximate surface area is 167 Å². The third kappa shape index (κ3) is 4.69. The molecule has 3 aromatic carbocycles. The van der Waals surface area contributed by atoms with Crippen LogP contribution in [0.25, 0.3) is 23.3 Å². The van der Waals surface area contributed by atoms with Crippen molar-refractivity contribution in [2.45, 2.75) is 25.9 Å². The molecule has 1 atom stereocenters. The van der Waals surface area contributed by atoms with Crippen molar-refractivity contribution in [2.75, 3.05) is 0 Å². The molecule has 0 fully saturated rings. The van der Waals surface area contributed by atoms with Crippen molar-refractivity contribution in [2.24, 2.45) is 0 Å². The number of aliphatic hydroxyl groups is 1. The second-order valence-electron chi connectivity index (χ2n) is 6.80. The van der Waals surface area contributed by atoms with Gasteiger partial charge >= 0.3 is 0 Å². The molecule has 0 spiro atoms. The lowest BCUT2D eigenvalue weighted by Crippen LogP contribution is -2.03. The van der Waals surface area contributed by atoms with Crippen molar-refractivity contribution >= 4 is 12.2 Å². The van der Waals surface area contributed by atoms with Crippen LogP contribution in [0.4, 0.5) is 13.2 Å². The van der Waals surface area contributed by atoms with E-state index in [0.717, 1.165) is 11.6 Å². The molecule has 0 heterocycles. The molecule has 3 aromatic rings. The van der Waals surface area contributed by atoms with E-state index in [0.29, 0.717) is 24.0 Å². The fraction of sp³-hybridized carbons (Fsp3) is 0.167. The highest BCUT2D eigenvalue weighted by Crippen LogP contribution is 2.28. The van der Waals surface area contributed by atoms with Gasteiger partial charge < -0.3 is 10.2 Å². The molecular weight excluding hydrogens is 377 g/mol. The van der Waals surface area contributed by atoms with Crippen LogP contribution < -0.4 is 0 Å². The van der Waals surface area contributed by atoms with E-state index in [2.05, 4.69) is 0 Å². The highest BCUT2D eigenvalue weighted by atomic mass is 19.2. The van der Waals surface area contributed by atoms with Crippen molar-refractivity contribution in [3.05, 3.63) is 88.7 Å². The van der Waals surface area contributed by atoms with Crippen LogP contribution in [0.15, 0.2) is 54.6 Å². The van der Waals surface area contributed by atoms with E-state index >= 15 is 0 Å². The molecule has 2 N–H and O–H groups in total. The summed E-state index contributed by atoms with van der Waals surface area (Å²) in [5, 5.41) is 19.2. The molecule has 0 aliphatic rings. The Morgan fingerprint density at radius 1 is 0.897 bits per heavy atom. The summed E-state index contributed by atoms with van der Waals surface area (Å²) >= 11 is 0. The number of aliphatic hydroxyl groups excluding tert-OH is 1. The fourth-order valence-electron chi connectivity index (χ4n) is 3.09. The number of hydrogen-bond acceptors (Lipinski definition) is 2. The molecule has 0 aliphatic heterocycles. The maximum atomic E-state index is 14.3. The minimum absolute atomic E-state index is 0.0400. The van der Waals surface area contributed by atoms with E-state index < -0.39 is 23.6 Å². The topological polar surface area (TPSA) is 40.5 Å². The molecule has 0 saturated heterocycles. The smallest absolute Gasteiger partial charge is 0.166 e. The van der Waals surface area contributed by atoms with Crippen molar-refractivity contribution in [3.63, 3.8) is 0 Å². The molecule has 0 amide bonds. The van der Waals surface area contributed by atoms with Crippen molar-refractivity contribution in [1.82, 2.24) is 0 Å². The largest absolute Gasteiger partial charge is 0.508 e. The van der Waals surface area contributed by atoms with E-state index in [1.807, 2.05) is 6.92 Å². The molecule has 3 rings (SSSR count). The number of phenols is 1. The summed E-state index contributed by atoms with van der Waals surface area (Å²) < 4.78 is 42.5. The Morgan fingerprint density at radius 2 is 1.62 bits per heavy atom. The van der Waals surface area contributed by atoms with Gasteiger partial charge in [-0.3, -0.25) is 0 Å². The van der Waals surface area contributed by atoms with E-state index in [1.54, 1.807) is 30.3 Å². The van der Waals surface area contributed by atoms with Gasteiger partial charge in [-0.15, -0.1) is 0 Å². The fourth-order valence-corrected chi connectivity index (χ4v) is 3.09. The Hall–Kier alpha value is -3.05. The van der Waals surface area contributed by atoms with Crippen molar-refractivity contribution < 1.29 is 23.4 Å². The minimum atomic E-state index is -1.04. The Bertz CT molecular complexity index is 1030. The zero-order chi connectivity index (χ0) is 21.0. The van der Waals surface area contributed by atoms with Gasteiger partial charge in [-0.2, -0.15) is 0 Å². The molecule has 5 heteroatoms. The first-order valence-electron chi connectivity index (χ1n) is 9.33. The number of halogens is 3. The van der Waals surface area contributed by atoms with Gasteiger partial charge in [0.15, 0.2) is 11.6 Å². The van der Waals surface area contributed by atoms with Gasteiger partial charge in [0.2, 0.25) is 0 Å². The molecular formula is C24H21F3O2. The molecule has 1 unspecified atom stereocenters. The molecule has 29 heavy (non-hydrogen) atoms. The highest BCUT2D eigenvalue weighted by molar-refractivity contribution is 5.72. The maximum absolute atomic E-state index is 14.3. The van der Waals surface area contributed by atoms with Crippen LogP contribution in [0, 0.1) is 17.5 Å². The average Bonchev–Trinajstić information content (AvgIpc) is 2.70. The Morgan fingerprint density at radius 3 is 2.28 bits per heavy atom. The van der Waals surface area contributed by atoms with Crippen LogP contribution in [-0.4, -0.2) is 10.2 Å². The SMILES string of the molecule is CCCC(O)c1ccc(/C=C/c2ccc(-c3ccc(O)cc3F)cc2)c(F)c1F. The first-order chi connectivity index (χ1) is 13.9. The zero-order valence-corrected chi connectivity index (χ0v) is 15.9. The summed E-state index contributed by atoms with van der Waals surface area (Å²) in [6.45, 7) is 1.86. The monoisotopic (exact) mass is 398 g/mol. The minimum Gasteiger partial charge on any atom is -0.508 e. The molecule has 0 bridgehead atoms. The predicted octanol–water partition coefficient (Wildman–Crippen LogP) is 6.48. The number of hydrogen-bond donors (Lipinski definition) is 2. The predicted molar refractivity (Wildman–Crippen MR) is 109 cm³/mol. The van der Waals surface area contributed by atoms with E-state index in [-0.39, 0.29) is 16.9 Å². The van der Waals surface area contributed by atoms with Gasteiger partial charge in [0.25, 0.3) is 0 Å². The van der Waals surface area contributed by atoms with Crippen LogP contribution in [0.3, 0.4) is 0 Å². The standard InChI is InChI=1S/C24H21F3O2/c1-2-3-22(29)20-12-10-17(23(26)24(20)27)9-6-15-4-7-16(8-5-15)19-13-11-18(28)14-21(19)25/h4-14,22,28-29H,2-3H2,1H3/b9-6+. The molecule has 0 saturated carbocycles.